The summed E-state index contributed by atoms with van der Waals surface area (Å²) < 4.78 is 0. The summed E-state index contributed by atoms with van der Waals surface area (Å²) >= 11 is 0. The molecular formula is C17H22N4O2. The molecule has 0 aliphatic carbocycles. The highest BCUT2D eigenvalue weighted by Crippen LogP contribution is 2.20. The van der Waals surface area contributed by atoms with Gasteiger partial charge in [-0.1, -0.05) is 25.1 Å². The van der Waals surface area contributed by atoms with E-state index in [-0.39, 0.29) is 17.9 Å². The molecular weight excluding hydrogens is 292 g/mol. The number of nitrogens with zero attached hydrogens (tertiary/aromatic N) is 1. The topological polar surface area (TPSA) is 77.2 Å². The summed E-state index contributed by atoms with van der Waals surface area (Å²) in [7, 11) is 0. The first-order chi connectivity index (χ1) is 11.1. The summed E-state index contributed by atoms with van der Waals surface area (Å²) in [4.78, 5) is 28.6. The van der Waals surface area contributed by atoms with Gasteiger partial charge < -0.3 is 20.5 Å². The van der Waals surface area contributed by atoms with Gasteiger partial charge in [0.1, 0.15) is 0 Å². The Kier molecular flexibility index (Phi) is 4.50. The number of nitrogens with one attached hydrogen (secondary N) is 3. The van der Waals surface area contributed by atoms with Crippen LogP contribution in [-0.4, -0.2) is 48.0 Å². The molecule has 0 bridgehead atoms. The molecule has 122 valence electrons. The van der Waals surface area contributed by atoms with E-state index in [4.69, 9.17) is 0 Å². The molecule has 3 N–H and O–H groups in total. The van der Waals surface area contributed by atoms with Gasteiger partial charge in [-0.2, -0.15) is 0 Å². The first kappa shape index (κ1) is 15.4. The van der Waals surface area contributed by atoms with Gasteiger partial charge >= 0.3 is 6.03 Å². The first-order valence-corrected chi connectivity index (χ1v) is 8.00. The second-order valence-corrected chi connectivity index (χ2v) is 5.97. The van der Waals surface area contributed by atoms with Crippen molar-refractivity contribution in [3.05, 3.63) is 36.0 Å². The molecule has 1 saturated heterocycles. The van der Waals surface area contributed by atoms with Crippen LogP contribution in [0.15, 0.2) is 30.5 Å². The molecule has 3 amide bonds. The van der Waals surface area contributed by atoms with E-state index in [1.165, 1.54) is 5.39 Å². The molecule has 0 saturated carbocycles. The van der Waals surface area contributed by atoms with Crippen LogP contribution in [0.4, 0.5) is 4.79 Å². The Hall–Kier alpha value is -2.50. The molecule has 3 rings (SSSR count). The lowest BCUT2D eigenvalue weighted by molar-refractivity contribution is -0.124. The smallest absolute Gasteiger partial charge is 0.317 e. The molecule has 1 fully saturated rings. The lowest BCUT2D eigenvalue weighted by Crippen LogP contribution is -2.38. The number of hydrogen-bond donors (Lipinski definition) is 3. The zero-order chi connectivity index (χ0) is 16.2. The maximum Gasteiger partial charge on any atom is 0.317 e. The fourth-order valence-electron chi connectivity index (χ4n) is 2.94. The summed E-state index contributed by atoms with van der Waals surface area (Å²) in [6.07, 6.45) is 2.67. The summed E-state index contributed by atoms with van der Waals surface area (Å²) in [6.45, 7) is 4.37. The summed E-state index contributed by atoms with van der Waals surface area (Å²) in [6, 6.07) is 8.05. The number of para-hydroxylation sites is 1. The summed E-state index contributed by atoms with van der Waals surface area (Å²) in [5, 5.41) is 6.84. The largest absolute Gasteiger partial charge is 0.361 e. The minimum Gasteiger partial charge on any atom is -0.361 e. The zero-order valence-electron chi connectivity index (χ0n) is 13.3. The average Bonchev–Trinajstić information content (AvgIpc) is 3.14. The van der Waals surface area contributed by atoms with E-state index in [2.05, 4.69) is 21.7 Å². The van der Waals surface area contributed by atoms with E-state index < -0.39 is 0 Å². The monoisotopic (exact) mass is 314 g/mol. The molecule has 1 aromatic heterocycles. The number of urea groups is 1. The number of fused-ring (bicyclic) bond motifs is 1. The molecule has 1 aromatic carbocycles. The van der Waals surface area contributed by atoms with Crippen molar-refractivity contribution in [3.8, 4) is 0 Å². The zero-order valence-corrected chi connectivity index (χ0v) is 13.3. The van der Waals surface area contributed by atoms with Crippen LogP contribution in [0.3, 0.4) is 0 Å². The van der Waals surface area contributed by atoms with Crippen LogP contribution < -0.4 is 10.6 Å². The van der Waals surface area contributed by atoms with Crippen LogP contribution in [-0.2, 0) is 11.2 Å². The van der Waals surface area contributed by atoms with Gasteiger partial charge in [0, 0.05) is 49.2 Å². The van der Waals surface area contributed by atoms with E-state index in [9.17, 15) is 9.59 Å². The molecule has 1 aliphatic heterocycles. The summed E-state index contributed by atoms with van der Waals surface area (Å²) in [5.74, 6) is -0.0866. The van der Waals surface area contributed by atoms with Crippen molar-refractivity contribution in [2.45, 2.75) is 13.3 Å². The van der Waals surface area contributed by atoms with Gasteiger partial charge in [-0.15, -0.1) is 0 Å². The van der Waals surface area contributed by atoms with Crippen LogP contribution in [0, 0.1) is 5.92 Å². The number of rotatable bonds is 6. The van der Waals surface area contributed by atoms with Gasteiger partial charge in [0.2, 0.25) is 5.91 Å². The minimum absolute atomic E-state index is 0.0230. The quantitative estimate of drug-likeness (QED) is 0.755. The standard InChI is InChI=1S/C17H22N4O2/c1-12(10-13-11-20-15-5-3-2-4-14(13)15)16(22)18-6-8-21-9-7-19-17(21)23/h2-5,11-12,20H,6-10H2,1H3,(H,18,22)(H,19,23). The Morgan fingerprint density at radius 3 is 3.00 bits per heavy atom. The number of hydrogen-bond acceptors (Lipinski definition) is 2. The molecule has 23 heavy (non-hydrogen) atoms. The number of aromatic amines is 1. The van der Waals surface area contributed by atoms with E-state index in [1.54, 1.807) is 4.90 Å². The minimum atomic E-state index is -0.110. The van der Waals surface area contributed by atoms with Gasteiger partial charge in [0.25, 0.3) is 0 Å². The molecule has 2 heterocycles. The van der Waals surface area contributed by atoms with E-state index in [1.807, 2.05) is 31.3 Å². The predicted octanol–water partition coefficient (Wildman–Crippen LogP) is 1.49. The van der Waals surface area contributed by atoms with Crippen molar-refractivity contribution in [3.63, 3.8) is 0 Å². The molecule has 6 heteroatoms. The van der Waals surface area contributed by atoms with Crippen LogP contribution in [0.5, 0.6) is 0 Å². The fraction of sp³-hybridized carbons (Fsp3) is 0.412. The SMILES string of the molecule is CC(Cc1c[nH]c2ccccc12)C(=O)NCCN1CCNC1=O. The first-order valence-electron chi connectivity index (χ1n) is 8.00. The van der Waals surface area contributed by atoms with Gasteiger partial charge in [0.05, 0.1) is 0 Å². The maximum atomic E-state index is 12.2. The van der Waals surface area contributed by atoms with Crippen molar-refractivity contribution in [1.29, 1.82) is 0 Å². The predicted molar refractivity (Wildman–Crippen MR) is 89.1 cm³/mol. The molecule has 6 nitrogen and oxygen atoms in total. The Morgan fingerprint density at radius 2 is 2.22 bits per heavy atom. The lowest BCUT2D eigenvalue weighted by atomic mass is 10.00. The molecule has 0 radical (unpaired) electrons. The molecule has 2 aromatic rings. The maximum absolute atomic E-state index is 12.2. The van der Waals surface area contributed by atoms with E-state index >= 15 is 0 Å². The van der Waals surface area contributed by atoms with Crippen molar-refractivity contribution in [2.75, 3.05) is 26.2 Å². The number of amides is 3. The van der Waals surface area contributed by atoms with Crippen molar-refractivity contribution < 1.29 is 9.59 Å². The van der Waals surface area contributed by atoms with Crippen LogP contribution >= 0.6 is 0 Å². The number of aromatic nitrogens is 1. The van der Waals surface area contributed by atoms with Gasteiger partial charge in [-0.05, 0) is 18.1 Å². The normalized spacial score (nSPS) is 15.7. The molecule has 1 unspecified atom stereocenters. The Balaban J connectivity index is 1.50. The highest BCUT2D eigenvalue weighted by atomic mass is 16.2. The third kappa shape index (κ3) is 3.47. The lowest BCUT2D eigenvalue weighted by Gasteiger charge is -2.16. The van der Waals surface area contributed by atoms with E-state index in [0.717, 1.165) is 11.1 Å². The van der Waals surface area contributed by atoms with Crippen molar-refractivity contribution in [2.24, 2.45) is 5.92 Å². The second-order valence-electron chi connectivity index (χ2n) is 5.97. The Bertz CT molecular complexity index is 709. The van der Waals surface area contributed by atoms with Crippen molar-refractivity contribution in [1.82, 2.24) is 20.5 Å². The number of carbonyl (C=O) groups excluding carboxylic acids is 2. The van der Waals surface area contributed by atoms with Gasteiger partial charge in [-0.25, -0.2) is 4.79 Å². The highest BCUT2D eigenvalue weighted by molar-refractivity contribution is 5.84. The average molecular weight is 314 g/mol. The third-order valence-corrected chi connectivity index (χ3v) is 4.27. The molecule has 1 aliphatic rings. The number of carbonyl (C=O) groups is 2. The highest BCUT2D eigenvalue weighted by Gasteiger charge is 2.20. The Morgan fingerprint density at radius 1 is 1.39 bits per heavy atom. The van der Waals surface area contributed by atoms with E-state index in [0.29, 0.717) is 32.6 Å². The fourth-order valence-corrected chi connectivity index (χ4v) is 2.94. The molecule has 1 atom stereocenters. The molecule has 0 spiro atoms. The van der Waals surface area contributed by atoms with Gasteiger partial charge in [-0.3, -0.25) is 4.79 Å². The third-order valence-electron chi connectivity index (χ3n) is 4.27. The van der Waals surface area contributed by atoms with Crippen LogP contribution in [0.2, 0.25) is 0 Å². The van der Waals surface area contributed by atoms with Crippen molar-refractivity contribution >= 4 is 22.8 Å². The van der Waals surface area contributed by atoms with Crippen LogP contribution in [0.25, 0.3) is 10.9 Å². The number of H-pyrrole nitrogens is 1. The van der Waals surface area contributed by atoms with Crippen LogP contribution in [0.1, 0.15) is 12.5 Å². The van der Waals surface area contributed by atoms with Gasteiger partial charge in [0.15, 0.2) is 0 Å². The number of benzene rings is 1. The summed E-state index contributed by atoms with van der Waals surface area (Å²) in [5.41, 5.74) is 2.25. The second kappa shape index (κ2) is 6.73. The Labute approximate surface area is 135 Å².